The van der Waals surface area contributed by atoms with E-state index in [1.165, 1.54) is 0 Å². The van der Waals surface area contributed by atoms with Crippen molar-refractivity contribution >= 4 is 17.1 Å². The maximum atomic E-state index is 12.4. The number of furan rings is 1. The van der Waals surface area contributed by atoms with E-state index in [1.54, 1.807) is 43.1 Å². The summed E-state index contributed by atoms with van der Waals surface area (Å²) < 4.78 is 12.5. The van der Waals surface area contributed by atoms with E-state index in [0.717, 1.165) is 24.0 Å². The lowest BCUT2D eigenvalue weighted by atomic mass is 10.2. The van der Waals surface area contributed by atoms with Crippen molar-refractivity contribution in [2.75, 3.05) is 0 Å². The van der Waals surface area contributed by atoms with Gasteiger partial charge in [-0.05, 0) is 31.0 Å². The number of carbonyl (C=O) groups is 1. The van der Waals surface area contributed by atoms with E-state index in [0.29, 0.717) is 28.8 Å². The van der Waals surface area contributed by atoms with Crippen LogP contribution in [0.3, 0.4) is 0 Å². The van der Waals surface area contributed by atoms with Gasteiger partial charge >= 0.3 is 0 Å². The van der Waals surface area contributed by atoms with Crippen LogP contribution in [0.25, 0.3) is 22.7 Å². The molecule has 0 unspecified atom stereocenters. The minimum Gasteiger partial charge on any atom is -0.461 e. The van der Waals surface area contributed by atoms with Crippen molar-refractivity contribution in [1.29, 1.82) is 0 Å². The van der Waals surface area contributed by atoms with Gasteiger partial charge in [-0.3, -0.25) is 4.79 Å². The van der Waals surface area contributed by atoms with Gasteiger partial charge in [0.05, 0.1) is 24.7 Å². The highest BCUT2D eigenvalue weighted by molar-refractivity contribution is 5.96. The van der Waals surface area contributed by atoms with Gasteiger partial charge in [-0.15, -0.1) is 0 Å². The van der Waals surface area contributed by atoms with Crippen LogP contribution in [0.4, 0.5) is 0 Å². The second kappa shape index (κ2) is 5.83. The molecule has 0 radical (unpaired) electrons. The fourth-order valence-electron chi connectivity index (χ4n) is 2.87. The highest BCUT2D eigenvalue weighted by Crippen LogP contribution is 2.36. The Morgan fingerprint density at radius 1 is 1.27 bits per heavy atom. The normalized spacial score (nSPS) is 14.0. The highest BCUT2D eigenvalue weighted by Gasteiger charge is 2.25. The van der Waals surface area contributed by atoms with Crippen molar-refractivity contribution in [3.8, 4) is 11.5 Å². The van der Waals surface area contributed by atoms with Crippen LogP contribution in [-0.4, -0.2) is 25.6 Å². The second-order valence-corrected chi connectivity index (χ2v) is 6.29. The lowest BCUT2D eigenvalue weighted by Gasteiger charge is -2.03. The molecule has 4 aromatic heterocycles. The molecule has 1 aliphatic rings. The summed E-state index contributed by atoms with van der Waals surface area (Å²) >= 11 is 0. The summed E-state index contributed by atoms with van der Waals surface area (Å²) in [4.78, 5) is 21.2. The number of amides is 1. The number of rotatable bonds is 5. The Morgan fingerprint density at radius 3 is 3.00 bits per heavy atom. The number of nitrogens with zero attached hydrogens (tertiary/aromatic N) is 4. The van der Waals surface area contributed by atoms with E-state index in [9.17, 15) is 4.79 Å². The van der Waals surface area contributed by atoms with Gasteiger partial charge in [0, 0.05) is 18.3 Å². The van der Waals surface area contributed by atoms with Crippen molar-refractivity contribution in [2.45, 2.75) is 25.4 Å². The van der Waals surface area contributed by atoms with Crippen molar-refractivity contribution in [1.82, 2.24) is 25.0 Å². The fraction of sp³-hybridized carbons (Fsp3) is 0.222. The van der Waals surface area contributed by atoms with Gasteiger partial charge in [-0.1, -0.05) is 5.16 Å². The summed E-state index contributed by atoms with van der Waals surface area (Å²) in [6.07, 6.45) is 7.25. The van der Waals surface area contributed by atoms with Gasteiger partial charge in [0.25, 0.3) is 5.91 Å². The Labute approximate surface area is 147 Å². The molecule has 1 fully saturated rings. The molecule has 0 spiro atoms. The van der Waals surface area contributed by atoms with E-state index >= 15 is 0 Å². The number of pyridine rings is 1. The van der Waals surface area contributed by atoms with Crippen molar-refractivity contribution in [3.05, 3.63) is 54.3 Å². The summed E-state index contributed by atoms with van der Waals surface area (Å²) in [5.74, 6) is 0.881. The van der Waals surface area contributed by atoms with Crippen LogP contribution in [0, 0.1) is 0 Å². The van der Waals surface area contributed by atoms with Crippen LogP contribution in [-0.2, 0) is 6.54 Å². The predicted molar refractivity (Wildman–Crippen MR) is 91.2 cm³/mol. The number of imidazole rings is 1. The SMILES string of the molecule is O=C(NCc1cc(-c2ccco2)on1)c1cnc2c(c1)ncn2C1CC1. The van der Waals surface area contributed by atoms with E-state index in [-0.39, 0.29) is 12.5 Å². The average molecular weight is 349 g/mol. The first-order valence-electron chi connectivity index (χ1n) is 8.38. The van der Waals surface area contributed by atoms with E-state index in [4.69, 9.17) is 8.94 Å². The highest BCUT2D eigenvalue weighted by atomic mass is 16.5. The smallest absolute Gasteiger partial charge is 0.253 e. The standard InChI is InChI=1S/C18H15N5O3/c24-18(20-9-12-7-16(26-22-12)15-2-1-5-25-15)11-6-14-17(19-8-11)23(10-21-14)13-3-4-13/h1-2,5-8,10,13H,3-4,9H2,(H,20,24). The quantitative estimate of drug-likeness (QED) is 0.595. The number of hydrogen-bond donors (Lipinski definition) is 1. The van der Waals surface area contributed by atoms with Crippen molar-refractivity contribution in [3.63, 3.8) is 0 Å². The Balaban J connectivity index is 1.29. The predicted octanol–water partition coefficient (Wildman–Crippen LogP) is 2.94. The molecule has 0 atom stereocenters. The molecular formula is C18H15N5O3. The van der Waals surface area contributed by atoms with Crippen LogP contribution in [0.5, 0.6) is 0 Å². The monoisotopic (exact) mass is 349 g/mol. The minimum absolute atomic E-state index is 0.233. The molecule has 4 heterocycles. The number of fused-ring (bicyclic) bond motifs is 1. The number of nitrogens with one attached hydrogen (secondary N) is 1. The largest absolute Gasteiger partial charge is 0.461 e. The fourth-order valence-corrected chi connectivity index (χ4v) is 2.87. The molecule has 0 aromatic carbocycles. The van der Waals surface area contributed by atoms with Gasteiger partial charge in [0.2, 0.25) is 5.76 Å². The van der Waals surface area contributed by atoms with Crippen molar-refractivity contribution in [2.24, 2.45) is 0 Å². The Bertz CT molecular complexity index is 1080. The topological polar surface area (TPSA) is 99.0 Å². The number of carbonyl (C=O) groups excluding carboxylic acids is 1. The van der Waals surface area contributed by atoms with Crippen LogP contribution < -0.4 is 5.32 Å². The number of aromatic nitrogens is 4. The van der Waals surface area contributed by atoms with Crippen LogP contribution in [0.2, 0.25) is 0 Å². The zero-order valence-electron chi connectivity index (χ0n) is 13.8. The van der Waals surface area contributed by atoms with Gasteiger partial charge in [-0.2, -0.15) is 0 Å². The maximum absolute atomic E-state index is 12.4. The molecule has 130 valence electrons. The van der Waals surface area contributed by atoms with Crippen LogP contribution >= 0.6 is 0 Å². The first kappa shape index (κ1) is 14.9. The van der Waals surface area contributed by atoms with Gasteiger partial charge in [0.1, 0.15) is 11.2 Å². The van der Waals surface area contributed by atoms with Gasteiger partial charge in [-0.25, -0.2) is 9.97 Å². The van der Waals surface area contributed by atoms with Crippen LogP contribution in [0.1, 0.15) is 34.9 Å². The minimum atomic E-state index is -0.233. The molecule has 0 saturated heterocycles. The third kappa shape index (κ3) is 2.65. The molecule has 1 N–H and O–H groups in total. The summed E-state index contributed by atoms with van der Waals surface area (Å²) in [5, 5.41) is 6.75. The van der Waals surface area contributed by atoms with Gasteiger partial charge < -0.3 is 18.8 Å². The summed E-state index contributed by atoms with van der Waals surface area (Å²) in [7, 11) is 0. The molecule has 5 rings (SSSR count). The van der Waals surface area contributed by atoms with Crippen LogP contribution in [0.15, 0.2) is 52.0 Å². The first-order chi connectivity index (χ1) is 12.8. The Morgan fingerprint density at radius 2 is 2.19 bits per heavy atom. The Kier molecular flexibility index (Phi) is 3.34. The molecular weight excluding hydrogens is 334 g/mol. The van der Waals surface area contributed by atoms with E-state index < -0.39 is 0 Å². The van der Waals surface area contributed by atoms with Crippen molar-refractivity contribution < 1.29 is 13.7 Å². The third-order valence-corrected chi connectivity index (χ3v) is 4.37. The summed E-state index contributed by atoms with van der Waals surface area (Å²) in [6, 6.07) is 7.55. The molecule has 0 aliphatic heterocycles. The molecule has 1 amide bonds. The molecule has 8 heteroatoms. The molecule has 4 aromatic rings. The van der Waals surface area contributed by atoms with E-state index in [1.807, 2.05) is 0 Å². The number of hydrogen-bond acceptors (Lipinski definition) is 6. The second-order valence-electron chi connectivity index (χ2n) is 6.29. The third-order valence-electron chi connectivity index (χ3n) is 4.37. The summed E-state index contributed by atoms with van der Waals surface area (Å²) in [6.45, 7) is 0.248. The first-order valence-corrected chi connectivity index (χ1v) is 8.38. The maximum Gasteiger partial charge on any atom is 0.253 e. The van der Waals surface area contributed by atoms with Gasteiger partial charge in [0.15, 0.2) is 11.4 Å². The average Bonchev–Trinajstić information content (AvgIpc) is 3.09. The molecule has 1 saturated carbocycles. The molecule has 0 bridgehead atoms. The molecule has 26 heavy (non-hydrogen) atoms. The van der Waals surface area contributed by atoms with E-state index in [2.05, 4.69) is 25.0 Å². The summed E-state index contributed by atoms with van der Waals surface area (Å²) in [5.41, 5.74) is 2.62. The Hall–Kier alpha value is -3.42. The zero-order chi connectivity index (χ0) is 17.5. The molecule has 8 nitrogen and oxygen atoms in total. The molecule has 1 aliphatic carbocycles. The zero-order valence-corrected chi connectivity index (χ0v) is 13.8. The lowest BCUT2D eigenvalue weighted by Crippen LogP contribution is -2.23. The lowest BCUT2D eigenvalue weighted by molar-refractivity contribution is 0.0950.